The molecule has 0 aromatic heterocycles. The van der Waals surface area contributed by atoms with E-state index in [0.717, 1.165) is 16.9 Å². The first-order valence-corrected chi connectivity index (χ1v) is 9.28. The molecule has 4 atom stereocenters. The average Bonchev–Trinajstić information content (AvgIpc) is 3.01. The number of hydrogen-bond donors (Lipinski definition) is 2. The summed E-state index contributed by atoms with van der Waals surface area (Å²) in [6.45, 7) is 2.53. The number of ether oxygens (including phenoxy) is 1. The van der Waals surface area contributed by atoms with Crippen LogP contribution in [0.3, 0.4) is 0 Å². The van der Waals surface area contributed by atoms with Crippen molar-refractivity contribution in [1.82, 2.24) is 5.32 Å². The number of non-ortho nitro benzene ring substituents is 1. The van der Waals surface area contributed by atoms with Gasteiger partial charge in [0, 0.05) is 36.7 Å². The second-order valence-electron chi connectivity index (χ2n) is 6.80. The SMILES string of the molecule is CCOC1NC2Nc3ccc(Cl)cc3N(C)C2C1c1ccc([N+](=O)[O-])cc1. The zero-order valence-corrected chi connectivity index (χ0v) is 15.8. The van der Waals surface area contributed by atoms with Gasteiger partial charge < -0.3 is 15.0 Å². The molecule has 2 aromatic rings. The van der Waals surface area contributed by atoms with E-state index in [0.29, 0.717) is 11.6 Å². The Morgan fingerprint density at radius 2 is 2.00 bits per heavy atom. The van der Waals surface area contributed by atoms with Gasteiger partial charge in [-0.05, 0) is 30.7 Å². The van der Waals surface area contributed by atoms with Crippen molar-refractivity contribution < 1.29 is 9.66 Å². The molecule has 2 aliphatic rings. The molecule has 2 heterocycles. The summed E-state index contributed by atoms with van der Waals surface area (Å²) in [5.41, 5.74) is 3.12. The number of hydrogen-bond acceptors (Lipinski definition) is 6. The molecule has 1 saturated heterocycles. The van der Waals surface area contributed by atoms with Gasteiger partial charge in [-0.25, -0.2) is 0 Å². The molecule has 0 radical (unpaired) electrons. The van der Waals surface area contributed by atoms with Crippen molar-refractivity contribution in [3.05, 3.63) is 63.2 Å². The van der Waals surface area contributed by atoms with Crippen LogP contribution in [0.25, 0.3) is 0 Å². The highest BCUT2D eigenvalue weighted by molar-refractivity contribution is 6.31. The number of nitrogens with zero attached hydrogens (tertiary/aromatic N) is 2. The van der Waals surface area contributed by atoms with Crippen molar-refractivity contribution in [2.45, 2.75) is 31.3 Å². The number of benzene rings is 2. The van der Waals surface area contributed by atoms with Gasteiger partial charge in [0.05, 0.1) is 22.3 Å². The summed E-state index contributed by atoms with van der Waals surface area (Å²) in [7, 11) is 2.04. The number of nitrogens with one attached hydrogen (secondary N) is 2. The van der Waals surface area contributed by atoms with Crippen LogP contribution in [0.1, 0.15) is 18.4 Å². The van der Waals surface area contributed by atoms with Gasteiger partial charge in [-0.3, -0.25) is 15.4 Å². The number of anilines is 2. The van der Waals surface area contributed by atoms with Crippen LogP contribution in [0.2, 0.25) is 5.02 Å². The summed E-state index contributed by atoms with van der Waals surface area (Å²) in [6, 6.07) is 12.6. The van der Waals surface area contributed by atoms with Gasteiger partial charge in [-0.2, -0.15) is 0 Å². The van der Waals surface area contributed by atoms with Crippen LogP contribution in [-0.2, 0) is 4.74 Å². The summed E-state index contributed by atoms with van der Waals surface area (Å²) < 4.78 is 5.97. The Balaban J connectivity index is 1.73. The predicted molar refractivity (Wildman–Crippen MR) is 105 cm³/mol. The monoisotopic (exact) mass is 388 g/mol. The lowest BCUT2D eigenvalue weighted by Gasteiger charge is -2.41. The molecule has 0 bridgehead atoms. The van der Waals surface area contributed by atoms with Crippen molar-refractivity contribution >= 4 is 28.7 Å². The second kappa shape index (κ2) is 6.99. The molecule has 142 valence electrons. The molecule has 0 spiro atoms. The maximum absolute atomic E-state index is 11.0. The van der Waals surface area contributed by atoms with Gasteiger partial charge in [0.25, 0.3) is 5.69 Å². The molecule has 0 amide bonds. The van der Waals surface area contributed by atoms with Crippen LogP contribution < -0.4 is 15.5 Å². The van der Waals surface area contributed by atoms with Crippen molar-refractivity contribution in [2.75, 3.05) is 23.9 Å². The normalized spacial score (nSPS) is 26.3. The molecule has 4 unspecified atom stereocenters. The fourth-order valence-corrected chi connectivity index (χ4v) is 4.29. The Bertz CT molecular complexity index is 861. The highest BCUT2D eigenvalue weighted by atomic mass is 35.5. The van der Waals surface area contributed by atoms with Gasteiger partial charge in [-0.15, -0.1) is 0 Å². The van der Waals surface area contributed by atoms with Gasteiger partial charge in [-0.1, -0.05) is 23.7 Å². The van der Waals surface area contributed by atoms with Crippen molar-refractivity contribution in [2.24, 2.45) is 0 Å². The summed E-state index contributed by atoms with van der Waals surface area (Å²) in [4.78, 5) is 12.8. The highest BCUT2D eigenvalue weighted by Crippen LogP contribution is 2.43. The van der Waals surface area contributed by atoms with Gasteiger partial charge in [0.15, 0.2) is 0 Å². The molecule has 2 aromatic carbocycles. The number of nitro groups is 1. The standard InChI is InChI=1S/C19H21ClN4O3/c1-3-27-19-16(11-4-7-13(8-5-11)24(25)26)17-18(22-19)21-14-9-6-12(20)10-15(14)23(17)2/h4-10,16-19,21-22H,3H2,1-2H3. The molecule has 27 heavy (non-hydrogen) atoms. The molecule has 1 fully saturated rings. The van der Waals surface area contributed by atoms with Crippen LogP contribution in [0.5, 0.6) is 0 Å². The first-order chi connectivity index (χ1) is 13.0. The maximum Gasteiger partial charge on any atom is 0.269 e. The van der Waals surface area contributed by atoms with Gasteiger partial charge in [0.1, 0.15) is 12.4 Å². The van der Waals surface area contributed by atoms with Crippen LogP contribution in [0.15, 0.2) is 42.5 Å². The molecular formula is C19H21ClN4O3. The quantitative estimate of drug-likeness (QED) is 0.616. The highest BCUT2D eigenvalue weighted by Gasteiger charge is 2.49. The number of fused-ring (bicyclic) bond motifs is 2. The predicted octanol–water partition coefficient (Wildman–Crippen LogP) is 3.55. The van der Waals surface area contributed by atoms with Crippen molar-refractivity contribution in [3.8, 4) is 0 Å². The zero-order chi connectivity index (χ0) is 19.1. The minimum atomic E-state index is -0.383. The third-order valence-corrected chi connectivity index (χ3v) is 5.55. The molecular weight excluding hydrogens is 368 g/mol. The van der Waals surface area contributed by atoms with Crippen LogP contribution >= 0.6 is 11.6 Å². The molecule has 0 aliphatic carbocycles. The molecule has 2 N–H and O–H groups in total. The van der Waals surface area contributed by atoms with E-state index in [1.165, 1.54) is 0 Å². The zero-order valence-electron chi connectivity index (χ0n) is 15.1. The Labute approximate surface area is 162 Å². The smallest absolute Gasteiger partial charge is 0.269 e. The van der Waals surface area contributed by atoms with Gasteiger partial charge in [0.2, 0.25) is 0 Å². The summed E-state index contributed by atoms with van der Waals surface area (Å²) >= 11 is 6.21. The number of halogens is 1. The first kappa shape index (κ1) is 18.0. The fraction of sp³-hybridized carbons (Fsp3) is 0.368. The third-order valence-electron chi connectivity index (χ3n) is 5.31. The minimum absolute atomic E-state index is 0.000357. The largest absolute Gasteiger partial charge is 0.366 e. The summed E-state index contributed by atoms with van der Waals surface area (Å²) in [5.74, 6) is 0.000357. The minimum Gasteiger partial charge on any atom is -0.366 e. The molecule has 2 aliphatic heterocycles. The Morgan fingerprint density at radius 3 is 2.67 bits per heavy atom. The van der Waals surface area contributed by atoms with E-state index in [9.17, 15) is 10.1 Å². The van der Waals surface area contributed by atoms with Gasteiger partial charge >= 0.3 is 0 Å². The van der Waals surface area contributed by atoms with Crippen LogP contribution in [0, 0.1) is 10.1 Å². The van der Waals surface area contributed by atoms with E-state index in [1.54, 1.807) is 12.1 Å². The summed E-state index contributed by atoms with van der Waals surface area (Å²) in [6.07, 6.45) is -0.216. The van der Waals surface area contributed by atoms with Crippen molar-refractivity contribution in [1.29, 1.82) is 0 Å². The lowest BCUT2D eigenvalue weighted by Crippen LogP contribution is -2.51. The lowest BCUT2D eigenvalue weighted by molar-refractivity contribution is -0.384. The molecule has 7 nitrogen and oxygen atoms in total. The average molecular weight is 389 g/mol. The third kappa shape index (κ3) is 3.12. The van der Waals surface area contributed by atoms with E-state index >= 15 is 0 Å². The summed E-state index contributed by atoms with van der Waals surface area (Å²) in [5, 5.41) is 18.7. The number of likely N-dealkylation sites (N-methyl/N-ethyl adjacent to an activating group) is 1. The van der Waals surface area contributed by atoms with E-state index in [2.05, 4.69) is 15.5 Å². The van der Waals surface area contributed by atoms with E-state index in [4.69, 9.17) is 16.3 Å². The lowest BCUT2D eigenvalue weighted by atomic mass is 9.89. The molecule has 4 rings (SSSR count). The fourth-order valence-electron chi connectivity index (χ4n) is 4.13. The molecule has 8 heteroatoms. The molecule has 0 saturated carbocycles. The van der Waals surface area contributed by atoms with Crippen molar-refractivity contribution in [3.63, 3.8) is 0 Å². The van der Waals surface area contributed by atoms with E-state index < -0.39 is 0 Å². The maximum atomic E-state index is 11.0. The topological polar surface area (TPSA) is 79.7 Å². The number of rotatable bonds is 4. The van der Waals surface area contributed by atoms with Crippen LogP contribution in [0.4, 0.5) is 17.1 Å². The Hall–Kier alpha value is -2.35. The van der Waals surface area contributed by atoms with E-state index in [1.807, 2.05) is 44.3 Å². The second-order valence-corrected chi connectivity index (χ2v) is 7.24. The first-order valence-electron chi connectivity index (χ1n) is 8.90. The Morgan fingerprint density at radius 1 is 1.26 bits per heavy atom. The van der Waals surface area contributed by atoms with E-state index in [-0.39, 0.29) is 35.0 Å². The number of nitro benzene ring substituents is 1. The Kier molecular flexibility index (Phi) is 4.67. The van der Waals surface area contributed by atoms with Crippen LogP contribution in [-0.4, -0.2) is 37.0 Å².